The van der Waals surface area contributed by atoms with Gasteiger partial charge in [-0.25, -0.2) is 4.98 Å². The van der Waals surface area contributed by atoms with Crippen molar-refractivity contribution in [3.05, 3.63) is 34.3 Å². The summed E-state index contributed by atoms with van der Waals surface area (Å²) in [5, 5.41) is 12.5. The Balaban J connectivity index is 2.22. The van der Waals surface area contributed by atoms with Crippen LogP contribution in [-0.4, -0.2) is 24.0 Å². The fourth-order valence-electron chi connectivity index (χ4n) is 1.96. The van der Waals surface area contributed by atoms with E-state index in [2.05, 4.69) is 15.0 Å². The van der Waals surface area contributed by atoms with Crippen molar-refractivity contribution in [1.29, 1.82) is 5.26 Å². The summed E-state index contributed by atoms with van der Waals surface area (Å²) in [6.45, 7) is 0.719. The van der Waals surface area contributed by atoms with E-state index >= 15 is 0 Å². The molecule has 1 aromatic heterocycles. The Morgan fingerprint density at radius 1 is 1.72 bits per heavy atom. The first kappa shape index (κ1) is 11.9. The zero-order valence-corrected chi connectivity index (χ0v) is 9.52. The lowest BCUT2D eigenvalue weighted by molar-refractivity contribution is -0.117. The molecule has 1 atom stereocenters. The average molecular weight is 242 g/mol. The average Bonchev–Trinajstić information content (AvgIpc) is 2.77. The first-order valence-electron chi connectivity index (χ1n) is 5.42. The van der Waals surface area contributed by atoms with Crippen LogP contribution in [0.25, 0.3) is 10.4 Å². The minimum Gasteiger partial charge on any atom is -0.295 e. The number of amides is 1. The Labute approximate surface area is 103 Å². The first-order valence-corrected chi connectivity index (χ1v) is 5.42. The van der Waals surface area contributed by atoms with E-state index < -0.39 is 0 Å². The molecule has 2 heterocycles. The van der Waals surface area contributed by atoms with Crippen molar-refractivity contribution in [2.24, 2.45) is 11.0 Å². The van der Waals surface area contributed by atoms with Gasteiger partial charge in [-0.3, -0.25) is 9.69 Å². The maximum Gasteiger partial charge on any atom is 0.228 e. The van der Waals surface area contributed by atoms with E-state index in [4.69, 9.17) is 10.8 Å². The van der Waals surface area contributed by atoms with E-state index in [0.29, 0.717) is 24.3 Å². The molecule has 1 aliphatic heterocycles. The lowest BCUT2D eigenvalue weighted by Crippen LogP contribution is -2.26. The van der Waals surface area contributed by atoms with Crippen molar-refractivity contribution in [2.45, 2.75) is 6.42 Å². The number of anilines is 1. The Kier molecular flexibility index (Phi) is 3.41. The van der Waals surface area contributed by atoms with Gasteiger partial charge in [-0.15, -0.1) is 0 Å². The summed E-state index contributed by atoms with van der Waals surface area (Å²) in [7, 11) is 0. The Hall–Kier alpha value is -2.58. The molecule has 1 amide bonds. The summed E-state index contributed by atoms with van der Waals surface area (Å²) in [5.41, 5.74) is 8.63. The molecular formula is C11H10N6O. The topological polar surface area (TPSA) is 106 Å². The van der Waals surface area contributed by atoms with Gasteiger partial charge in [-0.2, -0.15) is 5.26 Å². The minimum absolute atomic E-state index is 0.0121. The molecular weight excluding hydrogens is 232 g/mol. The Morgan fingerprint density at radius 3 is 3.28 bits per heavy atom. The highest BCUT2D eigenvalue weighted by molar-refractivity contribution is 5.95. The molecule has 0 saturated carbocycles. The van der Waals surface area contributed by atoms with E-state index in [1.807, 2.05) is 6.07 Å². The van der Waals surface area contributed by atoms with Gasteiger partial charge in [-0.05, 0) is 23.6 Å². The van der Waals surface area contributed by atoms with Crippen molar-refractivity contribution >= 4 is 11.7 Å². The molecule has 0 spiro atoms. The molecule has 18 heavy (non-hydrogen) atoms. The van der Waals surface area contributed by atoms with Gasteiger partial charge >= 0.3 is 0 Å². The van der Waals surface area contributed by atoms with Crippen LogP contribution in [0.2, 0.25) is 0 Å². The third kappa shape index (κ3) is 2.24. The van der Waals surface area contributed by atoms with Crippen molar-refractivity contribution in [3.8, 4) is 6.07 Å². The van der Waals surface area contributed by atoms with Crippen molar-refractivity contribution in [3.63, 3.8) is 0 Å². The summed E-state index contributed by atoms with van der Waals surface area (Å²) < 4.78 is 0. The number of nitrogens with zero attached hydrogens (tertiary/aromatic N) is 6. The molecule has 7 nitrogen and oxygen atoms in total. The number of rotatable bonds is 3. The van der Waals surface area contributed by atoms with Crippen LogP contribution in [-0.2, 0) is 4.79 Å². The number of carbonyl (C=O) groups is 1. The van der Waals surface area contributed by atoms with Crippen molar-refractivity contribution in [1.82, 2.24) is 4.98 Å². The number of nitriles is 1. The maximum atomic E-state index is 11.9. The largest absolute Gasteiger partial charge is 0.295 e. The Bertz CT molecular complexity index is 557. The molecule has 90 valence electrons. The summed E-state index contributed by atoms with van der Waals surface area (Å²) in [6, 6.07) is 5.29. The maximum absolute atomic E-state index is 11.9. The molecule has 1 unspecified atom stereocenters. The molecule has 1 aliphatic rings. The van der Waals surface area contributed by atoms with Crippen LogP contribution < -0.4 is 4.90 Å². The highest BCUT2D eigenvalue weighted by Gasteiger charge is 2.32. The second-order valence-corrected chi connectivity index (χ2v) is 3.97. The van der Waals surface area contributed by atoms with Crippen LogP contribution in [0.4, 0.5) is 5.82 Å². The fraction of sp³-hybridized carbons (Fsp3) is 0.364. The van der Waals surface area contributed by atoms with Gasteiger partial charge in [0.1, 0.15) is 6.07 Å². The van der Waals surface area contributed by atoms with Gasteiger partial charge in [0, 0.05) is 30.6 Å². The molecule has 7 heteroatoms. The second-order valence-electron chi connectivity index (χ2n) is 3.97. The molecule has 0 aromatic carbocycles. The van der Waals surface area contributed by atoms with E-state index in [0.717, 1.165) is 0 Å². The van der Waals surface area contributed by atoms with E-state index in [-0.39, 0.29) is 18.4 Å². The third-order valence-corrected chi connectivity index (χ3v) is 2.77. The van der Waals surface area contributed by atoms with Crippen molar-refractivity contribution in [2.75, 3.05) is 18.0 Å². The zero-order valence-electron chi connectivity index (χ0n) is 9.52. The van der Waals surface area contributed by atoms with Crippen molar-refractivity contribution < 1.29 is 4.79 Å². The van der Waals surface area contributed by atoms with E-state index in [1.54, 1.807) is 18.3 Å². The summed E-state index contributed by atoms with van der Waals surface area (Å²) >= 11 is 0. The monoisotopic (exact) mass is 242 g/mol. The van der Waals surface area contributed by atoms with Crippen LogP contribution in [0.3, 0.4) is 0 Å². The van der Waals surface area contributed by atoms with E-state index in [9.17, 15) is 4.79 Å². The number of aromatic nitrogens is 1. The SMILES string of the molecule is N#Cc1cccnc1N1CC(CN=[N+]=[N-])CC1=O. The minimum atomic E-state index is -0.0941. The van der Waals surface area contributed by atoms with Gasteiger partial charge in [0.05, 0.1) is 5.56 Å². The van der Waals surface area contributed by atoms with Gasteiger partial charge in [0.15, 0.2) is 5.82 Å². The highest BCUT2D eigenvalue weighted by Crippen LogP contribution is 2.25. The molecule has 1 fully saturated rings. The summed E-state index contributed by atoms with van der Waals surface area (Å²) in [6.07, 6.45) is 1.87. The Morgan fingerprint density at radius 2 is 2.56 bits per heavy atom. The number of carbonyl (C=O) groups excluding carboxylic acids is 1. The predicted octanol–water partition coefficient (Wildman–Crippen LogP) is 1.62. The lowest BCUT2D eigenvalue weighted by atomic mass is 10.1. The highest BCUT2D eigenvalue weighted by atomic mass is 16.2. The van der Waals surface area contributed by atoms with Gasteiger partial charge < -0.3 is 0 Å². The second kappa shape index (κ2) is 5.17. The normalized spacial score (nSPS) is 18.3. The molecule has 1 aromatic rings. The summed E-state index contributed by atoms with van der Waals surface area (Å²) in [5.74, 6) is 0.277. The molecule has 0 bridgehead atoms. The quantitative estimate of drug-likeness (QED) is 0.456. The molecule has 0 aliphatic carbocycles. The standard InChI is InChI=1S/C11H10N6O/c12-5-9-2-1-3-14-11(9)17-7-8(4-10(17)18)6-15-16-13/h1-3,8H,4,6-7H2. The number of hydrogen-bond donors (Lipinski definition) is 0. The van der Waals surface area contributed by atoms with E-state index in [1.165, 1.54) is 4.90 Å². The molecule has 0 radical (unpaired) electrons. The lowest BCUT2D eigenvalue weighted by Gasteiger charge is -2.16. The number of azide groups is 1. The van der Waals surface area contributed by atoms with Crippen LogP contribution in [0.1, 0.15) is 12.0 Å². The molecule has 1 saturated heterocycles. The van der Waals surface area contributed by atoms with Crippen LogP contribution in [0.5, 0.6) is 0 Å². The third-order valence-electron chi connectivity index (χ3n) is 2.77. The van der Waals surface area contributed by atoms with Crippen LogP contribution >= 0.6 is 0 Å². The molecule has 2 rings (SSSR count). The van der Waals surface area contributed by atoms with Crippen LogP contribution in [0, 0.1) is 17.2 Å². The fourth-order valence-corrected chi connectivity index (χ4v) is 1.96. The zero-order chi connectivity index (χ0) is 13.0. The smallest absolute Gasteiger partial charge is 0.228 e. The predicted molar refractivity (Wildman–Crippen MR) is 63.4 cm³/mol. The van der Waals surface area contributed by atoms with Crippen LogP contribution in [0.15, 0.2) is 23.4 Å². The van der Waals surface area contributed by atoms with Gasteiger partial charge in [0.2, 0.25) is 5.91 Å². The number of pyridine rings is 1. The van der Waals surface area contributed by atoms with Gasteiger partial charge in [0.25, 0.3) is 0 Å². The number of hydrogen-bond acceptors (Lipinski definition) is 4. The molecule has 0 N–H and O–H groups in total. The van der Waals surface area contributed by atoms with Gasteiger partial charge in [-0.1, -0.05) is 5.11 Å². The summed E-state index contributed by atoms with van der Waals surface area (Å²) in [4.78, 5) is 20.1. The first-order chi connectivity index (χ1) is 8.76.